The second-order valence-electron chi connectivity index (χ2n) is 30.5. The van der Waals surface area contributed by atoms with Gasteiger partial charge in [0.2, 0.25) is 0 Å². The average Bonchev–Trinajstić information content (AvgIpc) is 0.777. The number of carbonyl (C=O) groups is 3. The summed E-state index contributed by atoms with van der Waals surface area (Å²) in [5.74, 6) is -2.05. The van der Waals surface area contributed by atoms with E-state index in [0.29, 0.717) is 38.5 Å². The molecule has 0 radical (unpaired) electrons. The van der Waals surface area contributed by atoms with Gasteiger partial charge >= 0.3 is 17.9 Å². The third-order valence-electron chi connectivity index (χ3n) is 21.7. The van der Waals surface area contributed by atoms with E-state index in [2.05, 4.69) is 20.8 Å². The third kappa shape index (κ3) is 29.8. The molecule has 2 bridgehead atoms. The minimum atomic E-state index is -2.02. The summed E-state index contributed by atoms with van der Waals surface area (Å²) >= 11 is 0. The van der Waals surface area contributed by atoms with E-state index >= 15 is 0 Å². The molecular formula is C78H140O25. The Morgan fingerprint density at radius 2 is 0.806 bits per heavy atom. The number of unbranched alkanes of at least 4 members (excludes halogenated alkanes) is 26. The zero-order valence-electron chi connectivity index (χ0n) is 63.8. The molecule has 602 valence electrons. The van der Waals surface area contributed by atoms with Gasteiger partial charge in [0.15, 0.2) is 49.8 Å². The van der Waals surface area contributed by atoms with Crippen molar-refractivity contribution in [2.24, 2.45) is 0 Å². The fraction of sp³-hybridized carbons (Fsp3) is 0.962. The van der Waals surface area contributed by atoms with Gasteiger partial charge < -0.3 is 108 Å². The molecule has 0 amide bonds. The number of aliphatic hydroxyl groups is 9. The largest absolute Gasteiger partial charge is 0.457 e. The van der Waals surface area contributed by atoms with E-state index in [1.165, 1.54) is 110 Å². The molecule has 0 aromatic heterocycles. The highest BCUT2D eigenvalue weighted by molar-refractivity contribution is 5.70. The maximum absolute atomic E-state index is 14.6. The predicted octanol–water partition coefficient (Wildman–Crippen LogP) is 10.3. The third-order valence-corrected chi connectivity index (χ3v) is 21.7. The van der Waals surface area contributed by atoms with E-state index in [1.807, 2.05) is 0 Å². The fourth-order valence-corrected chi connectivity index (χ4v) is 15.1. The molecule has 0 spiro atoms. The first kappa shape index (κ1) is 89.5. The highest BCUT2D eigenvalue weighted by Crippen LogP contribution is 2.40. The zero-order valence-corrected chi connectivity index (χ0v) is 63.8. The van der Waals surface area contributed by atoms with Gasteiger partial charge in [-0.25, -0.2) is 0 Å². The molecular weight excluding hydrogens is 1340 g/mol. The van der Waals surface area contributed by atoms with Gasteiger partial charge in [-0.3, -0.25) is 14.4 Å². The second-order valence-corrected chi connectivity index (χ2v) is 30.5. The number of aliphatic hydroxyl groups excluding tert-OH is 9. The molecule has 0 aromatic rings. The van der Waals surface area contributed by atoms with Crippen LogP contribution in [0, 0.1) is 0 Å². The van der Waals surface area contributed by atoms with Crippen LogP contribution in [0.4, 0.5) is 0 Å². The number of hydrogen-bond donors (Lipinski definition) is 9. The minimum Gasteiger partial charge on any atom is -0.457 e. The topological polar surface area (TPSA) is 353 Å². The van der Waals surface area contributed by atoms with Crippen LogP contribution in [0.5, 0.6) is 0 Å². The summed E-state index contributed by atoms with van der Waals surface area (Å²) in [6.07, 6.45) is -1.54. The number of ether oxygens (including phenoxy) is 13. The average molecular weight is 1480 g/mol. The number of hydrogen-bond acceptors (Lipinski definition) is 25. The SMILES string of the molecule is CCCCCCCCCCCCCCCC(=O)O[C@@H]1[C@@H](O)[C@@H](O)[C@H](O[C@@H]2[C@@H](O[C@@H]3O[C@H](CO)[C@@H](O)[C@H](O)[C@H]3O)[C@@H](OC(=O)CCCCCCCCCCCCCCC)[C@H](O[C@@H]3[C@H]4OC(=O)CCCCCCCCC[C@H](CCCCC)O[C@@H]5O[C@H](C)[C@H](O)[C@H](O)[C@H]5O[C@H](O[C@H]3C)[C@@H]4O)O[C@@H]2C)O[C@H]1C. The summed E-state index contributed by atoms with van der Waals surface area (Å²) in [7, 11) is 0. The van der Waals surface area contributed by atoms with Gasteiger partial charge in [-0.15, -0.1) is 0 Å². The Morgan fingerprint density at radius 1 is 0.369 bits per heavy atom. The van der Waals surface area contributed by atoms with Gasteiger partial charge in [0.25, 0.3) is 0 Å². The van der Waals surface area contributed by atoms with Crippen LogP contribution in [0.15, 0.2) is 0 Å². The zero-order chi connectivity index (χ0) is 74.6. The van der Waals surface area contributed by atoms with Gasteiger partial charge in [-0.2, -0.15) is 0 Å². The lowest BCUT2D eigenvalue weighted by atomic mass is 9.95. The molecule has 6 rings (SSSR count). The van der Waals surface area contributed by atoms with E-state index in [4.69, 9.17) is 61.6 Å². The predicted molar refractivity (Wildman–Crippen MR) is 381 cm³/mol. The molecule has 6 saturated heterocycles. The van der Waals surface area contributed by atoms with E-state index in [9.17, 15) is 60.3 Å². The molecule has 0 saturated carbocycles. The Morgan fingerprint density at radius 3 is 1.36 bits per heavy atom. The van der Waals surface area contributed by atoms with Crippen molar-refractivity contribution >= 4 is 17.9 Å². The lowest BCUT2D eigenvalue weighted by Gasteiger charge is -2.51. The molecule has 6 aliphatic heterocycles. The first-order chi connectivity index (χ1) is 49.7. The van der Waals surface area contributed by atoms with Crippen LogP contribution < -0.4 is 0 Å². The molecule has 0 aliphatic carbocycles. The summed E-state index contributed by atoms with van der Waals surface area (Å²) < 4.78 is 83.2. The molecule has 6 fully saturated rings. The van der Waals surface area contributed by atoms with E-state index in [-0.39, 0.29) is 25.4 Å². The first-order valence-electron chi connectivity index (χ1n) is 40.9. The van der Waals surface area contributed by atoms with Crippen LogP contribution in [-0.4, -0.2) is 230 Å². The van der Waals surface area contributed by atoms with Crippen molar-refractivity contribution in [1.82, 2.24) is 0 Å². The smallest absolute Gasteiger partial charge is 0.306 e. The van der Waals surface area contributed by atoms with Crippen molar-refractivity contribution in [2.75, 3.05) is 6.61 Å². The molecule has 0 aromatic carbocycles. The molecule has 25 nitrogen and oxygen atoms in total. The maximum Gasteiger partial charge on any atom is 0.306 e. The van der Waals surface area contributed by atoms with Crippen molar-refractivity contribution in [3.05, 3.63) is 0 Å². The van der Waals surface area contributed by atoms with Gasteiger partial charge in [0.05, 0.1) is 37.1 Å². The van der Waals surface area contributed by atoms with E-state index in [1.54, 1.807) is 13.8 Å². The maximum atomic E-state index is 14.6. The lowest BCUT2D eigenvalue weighted by Crippen LogP contribution is -2.68. The Bertz CT molecular complexity index is 2250. The molecule has 103 heavy (non-hydrogen) atoms. The number of esters is 3. The quantitative estimate of drug-likeness (QED) is 0.0156. The van der Waals surface area contributed by atoms with Crippen molar-refractivity contribution in [2.45, 2.75) is 471 Å². The van der Waals surface area contributed by atoms with Crippen molar-refractivity contribution in [3.63, 3.8) is 0 Å². The van der Waals surface area contributed by atoms with Gasteiger partial charge in [0.1, 0.15) is 79.4 Å². The van der Waals surface area contributed by atoms with E-state index < -0.39 is 178 Å². The Balaban J connectivity index is 1.27. The van der Waals surface area contributed by atoms with Crippen molar-refractivity contribution < 1.29 is 122 Å². The van der Waals surface area contributed by atoms with Crippen LogP contribution in [0.25, 0.3) is 0 Å². The first-order valence-corrected chi connectivity index (χ1v) is 40.9. The van der Waals surface area contributed by atoms with Crippen LogP contribution in [0.2, 0.25) is 0 Å². The Hall–Kier alpha value is -2.35. The number of fused-ring (bicyclic) bond motifs is 3. The normalized spacial score (nSPS) is 36.7. The summed E-state index contributed by atoms with van der Waals surface area (Å²) in [6.45, 7) is 11.9. The van der Waals surface area contributed by atoms with Gasteiger partial charge in [0, 0.05) is 19.3 Å². The molecule has 6 heterocycles. The Labute approximate surface area is 615 Å². The monoisotopic (exact) mass is 1480 g/mol. The Kier molecular flexibility index (Phi) is 43.2. The second kappa shape index (κ2) is 49.7. The highest BCUT2D eigenvalue weighted by Gasteiger charge is 2.59. The van der Waals surface area contributed by atoms with E-state index in [0.717, 1.165) is 109 Å². The van der Waals surface area contributed by atoms with Gasteiger partial charge in [-0.05, 0) is 59.8 Å². The lowest BCUT2D eigenvalue weighted by molar-refractivity contribution is -0.400. The summed E-state index contributed by atoms with van der Waals surface area (Å²) in [6, 6.07) is 0. The standard InChI is InChI=1S/C78H140O25/c1-8-11-14-16-18-20-22-24-26-28-32-36-41-46-56(80)97-67-51(5)92-74(65(89)63(67)87)100-69-53(7)94-78(73(72(69)103-75-64(88)61(85)60(84)55(49-79)96-75)99-58(82)48-43-37-33-29-27-25-23-21-19-17-15-12-9-2)101-68-52(6)93-76-66(90)70(68)98-57(81)47-42-38-34-30-31-35-40-45-54(44-39-13-10-3)95-77-71(102-76)62(86)59(83)50(4)91-77/h50-55,59-79,83-90H,8-49H2,1-7H3/t50-,51+,52+,53-,54+,55-,59+,60-,61+,62+,63+,64-,65-,66-,67+,68+,69+,70+,71-,72-,73-,74+,75+,76+,77+,78+/m1/s1. The summed E-state index contributed by atoms with van der Waals surface area (Å²) in [4.78, 5) is 42.1. The molecule has 6 aliphatic rings. The number of carbonyl (C=O) groups excluding carboxylic acids is 3. The van der Waals surface area contributed by atoms with Crippen LogP contribution in [0.3, 0.4) is 0 Å². The van der Waals surface area contributed by atoms with Crippen molar-refractivity contribution in [3.8, 4) is 0 Å². The van der Waals surface area contributed by atoms with Gasteiger partial charge in [-0.1, -0.05) is 233 Å². The summed E-state index contributed by atoms with van der Waals surface area (Å²) in [5, 5.41) is 103. The van der Waals surface area contributed by atoms with Crippen LogP contribution >= 0.6 is 0 Å². The highest BCUT2D eigenvalue weighted by atomic mass is 16.8. The molecule has 26 atom stereocenters. The summed E-state index contributed by atoms with van der Waals surface area (Å²) in [5.41, 5.74) is 0. The minimum absolute atomic E-state index is 0.0408. The van der Waals surface area contributed by atoms with Crippen LogP contribution in [-0.2, 0) is 76.0 Å². The molecule has 9 N–H and O–H groups in total. The van der Waals surface area contributed by atoms with Crippen LogP contribution in [0.1, 0.15) is 312 Å². The fourth-order valence-electron chi connectivity index (χ4n) is 15.1. The van der Waals surface area contributed by atoms with Crippen molar-refractivity contribution in [1.29, 1.82) is 0 Å². The molecule has 25 heteroatoms. The molecule has 0 unspecified atom stereocenters. The number of rotatable bonds is 41.